The summed E-state index contributed by atoms with van der Waals surface area (Å²) in [6, 6.07) is 18.8. The van der Waals surface area contributed by atoms with E-state index >= 15 is 0 Å². The monoisotopic (exact) mass is 501 g/mol. The Morgan fingerprint density at radius 1 is 0.865 bits per heavy atom. The van der Waals surface area contributed by atoms with Crippen molar-refractivity contribution in [2.45, 2.75) is 51.5 Å². The Hall–Kier alpha value is -2.69. The summed E-state index contributed by atoms with van der Waals surface area (Å²) in [5.74, 6) is 2.24. The molecular formula is C33H43NO3. The highest BCUT2D eigenvalue weighted by atomic mass is 16.5. The highest BCUT2D eigenvalue weighted by Crippen LogP contribution is 2.41. The average molecular weight is 502 g/mol. The van der Waals surface area contributed by atoms with Gasteiger partial charge < -0.3 is 9.47 Å². The molecule has 0 amide bonds. The van der Waals surface area contributed by atoms with Crippen LogP contribution in [0.25, 0.3) is 12.2 Å². The fourth-order valence-corrected chi connectivity index (χ4v) is 5.22. The van der Waals surface area contributed by atoms with Gasteiger partial charge in [0.1, 0.15) is 0 Å². The fraction of sp³-hybridized carbons (Fsp3) is 0.485. The summed E-state index contributed by atoms with van der Waals surface area (Å²) in [5.41, 5.74) is 3.45. The lowest BCUT2D eigenvalue weighted by atomic mass is 9.80. The van der Waals surface area contributed by atoms with Crippen molar-refractivity contribution in [2.75, 3.05) is 33.4 Å². The molecule has 2 aromatic carbocycles. The van der Waals surface area contributed by atoms with Crippen LogP contribution in [0.1, 0.15) is 61.6 Å². The van der Waals surface area contributed by atoms with Crippen LogP contribution in [0.3, 0.4) is 0 Å². The van der Waals surface area contributed by atoms with Gasteiger partial charge in [0.2, 0.25) is 0 Å². The van der Waals surface area contributed by atoms with Gasteiger partial charge in [0.25, 0.3) is 0 Å². The zero-order valence-corrected chi connectivity index (χ0v) is 22.4. The molecule has 0 N–H and O–H groups in total. The summed E-state index contributed by atoms with van der Waals surface area (Å²) in [4.78, 5) is 14.6. The van der Waals surface area contributed by atoms with E-state index in [0.717, 1.165) is 37.0 Å². The molecule has 2 aliphatic rings. The standard InChI is InChI=1S/C33H43NO3/c1-36-23-22-34(21-5-8-27-6-3-2-4-7-27)25-31-15-9-28(10-16-31)19-20-33(35)37-26-32-17-13-30(14-18-32)24-29-11-12-29/h2-10,15-16,19-20,29-30,32H,11-14,17-18,21-26H2,1H3/b8-5+,20-19+. The normalized spacial score (nSPS) is 20.2. The minimum Gasteiger partial charge on any atom is -0.462 e. The van der Waals surface area contributed by atoms with Gasteiger partial charge in [0.05, 0.1) is 13.2 Å². The largest absolute Gasteiger partial charge is 0.462 e. The van der Waals surface area contributed by atoms with Crippen LogP contribution in [-0.2, 0) is 20.8 Å². The topological polar surface area (TPSA) is 38.8 Å². The second-order valence-electron chi connectivity index (χ2n) is 10.8. The summed E-state index contributed by atoms with van der Waals surface area (Å²) in [5, 5.41) is 0. The van der Waals surface area contributed by atoms with Crippen LogP contribution in [-0.4, -0.2) is 44.3 Å². The van der Waals surface area contributed by atoms with Crippen LogP contribution in [0, 0.1) is 17.8 Å². The number of ether oxygens (including phenoxy) is 2. The summed E-state index contributed by atoms with van der Waals surface area (Å²) < 4.78 is 10.9. The summed E-state index contributed by atoms with van der Waals surface area (Å²) in [7, 11) is 1.74. The van der Waals surface area contributed by atoms with Crippen LogP contribution in [0.5, 0.6) is 0 Å². The first kappa shape index (κ1) is 27.3. The number of rotatable bonds is 14. The van der Waals surface area contributed by atoms with Gasteiger partial charge in [-0.2, -0.15) is 0 Å². The first-order valence-corrected chi connectivity index (χ1v) is 14.0. The second-order valence-corrected chi connectivity index (χ2v) is 10.8. The molecule has 0 atom stereocenters. The van der Waals surface area contributed by atoms with E-state index in [9.17, 15) is 4.79 Å². The third kappa shape index (κ3) is 10.3. The Labute approximate surface area is 223 Å². The molecule has 0 spiro atoms. The molecule has 2 saturated carbocycles. The molecule has 0 bridgehead atoms. The van der Waals surface area contributed by atoms with Gasteiger partial charge in [0, 0.05) is 32.8 Å². The maximum absolute atomic E-state index is 12.3. The van der Waals surface area contributed by atoms with E-state index in [1.54, 1.807) is 13.2 Å². The molecule has 2 fully saturated rings. The number of esters is 1. The Kier molecular flexibility index (Phi) is 11.0. The summed E-state index contributed by atoms with van der Waals surface area (Å²) in [6.45, 7) is 3.83. The number of carbonyl (C=O) groups is 1. The minimum atomic E-state index is -0.236. The van der Waals surface area contributed by atoms with Crippen molar-refractivity contribution in [1.82, 2.24) is 4.90 Å². The van der Waals surface area contributed by atoms with Crippen molar-refractivity contribution in [1.29, 1.82) is 0 Å². The molecule has 198 valence electrons. The molecule has 0 heterocycles. The second kappa shape index (κ2) is 14.9. The van der Waals surface area contributed by atoms with E-state index in [0.29, 0.717) is 19.1 Å². The van der Waals surface area contributed by atoms with Gasteiger partial charge in [-0.25, -0.2) is 4.79 Å². The van der Waals surface area contributed by atoms with Crippen molar-refractivity contribution in [2.24, 2.45) is 17.8 Å². The summed E-state index contributed by atoms with van der Waals surface area (Å²) in [6.07, 6.45) is 17.2. The van der Waals surface area contributed by atoms with Gasteiger partial charge in [0.15, 0.2) is 0 Å². The highest BCUT2D eigenvalue weighted by molar-refractivity contribution is 5.87. The van der Waals surface area contributed by atoms with Crippen molar-refractivity contribution >= 4 is 18.1 Å². The quantitative estimate of drug-likeness (QED) is 0.206. The fourth-order valence-electron chi connectivity index (χ4n) is 5.22. The molecule has 2 aromatic rings. The Morgan fingerprint density at radius 3 is 2.19 bits per heavy atom. The van der Waals surface area contributed by atoms with E-state index in [1.165, 1.54) is 56.1 Å². The van der Waals surface area contributed by atoms with E-state index in [2.05, 4.69) is 65.6 Å². The molecule has 0 radical (unpaired) electrons. The number of methoxy groups -OCH3 is 1. The minimum absolute atomic E-state index is 0.236. The molecule has 4 rings (SSSR count). The van der Waals surface area contributed by atoms with E-state index in [4.69, 9.17) is 9.47 Å². The molecule has 37 heavy (non-hydrogen) atoms. The zero-order valence-electron chi connectivity index (χ0n) is 22.4. The number of benzene rings is 2. The molecule has 0 aromatic heterocycles. The molecule has 0 aliphatic heterocycles. The number of hydrogen-bond donors (Lipinski definition) is 0. The Balaban J connectivity index is 1.18. The van der Waals surface area contributed by atoms with E-state index in [1.807, 2.05) is 12.1 Å². The van der Waals surface area contributed by atoms with Crippen LogP contribution in [0.15, 0.2) is 66.7 Å². The van der Waals surface area contributed by atoms with Gasteiger partial charge in [-0.15, -0.1) is 0 Å². The Bertz CT molecular complexity index is 986. The van der Waals surface area contributed by atoms with Crippen molar-refractivity contribution < 1.29 is 14.3 Å². The molecular weight excluding hydrogens is 458 g/mol. The maximum Gasteiger partial charge on any atom is 0.330 e. The maximum atomic E-state index is 12.3. The summed E-state index contributed by atoms with van der Waals surface area (Å²) >= 11 is 0. The first-order chi connectivity index (χ1) is 18.2. The van der Waals surface area contributed by atoms with Crippen LogP contribution >= 0.6 is 0 Å². The zero-order chi connectivity index (χ0) is 25.7. The third-order valence-corrected chi connectivity index (χ3v) is 7.67. The van der Waals surface area contributed by atoms with Crippen LogP contribution in [0.4, 0.5) is 0 Å². The average Bonchev–Trinajstić information content (AvgIpc) is 3.75. The molecule has 0 saturated heterocycles. The number of hydrogen-bond acceptors (Lipinski definition) is 4. The number of carbonyl (C=O) groups excluding carboxylic acids is 1. The third-order valence-electron chi connectivity index (χ3n) is 7.67. The van der Waals surface area contributed by atoms with Gasteiger partial charge >= 0.3 is 5.97 Å². The SMILES string of the molecule is COCCN(C/C=C/c1ccccc1)Cc1ccc(/C=C/C(=O)OCC2CCC(CC3CC3)CC2)cc1. The molecule has 4 nitrogen and oxygen atoms in total. The molecule has 4 heteroatoms. The van der Waals surface area contributed by atoms with Crippen LogP contribution < -0.4 is 0 Å². The van der Waals surface area contributed by atoms with Gasteiger partial charge in [-0.3, -0.25) is 4.90 Å². The Morgan fingerprint density at radius 2 is 1.51 bits per heavy atom. The lowest BCUT2D eigenvalue weighted by Gasteiger charge is -2.28. The predicted octanol–water partition coefficient (Wildman–Crippen LogP) is 7.01. The molecule has 2 aliphatic carbocycles. The van der Waals surface area contributed by atoms with Crippen molar-refractivity contribution in [3.8, 4) is 0 Å². The van der Waals surface area contributed by atoms with Gasteiger partial charge in [-0.1, -0.05) is 92.4 Å². The van der Waals surface area contributed by atoms with Crippen molar-refractivity contribution in [3.63, 3.8) is 0 Å². The lowest BCUT2D eigenvalue weighted by Crippen LogP contribution is -2.27. The first-order valence-electron chi connectivity index (χ1n) is 14.0. The molecule has 0 unspecified atom stereocenters. The highest BCUT2D eigenvalue weighted by Gasteiger charge is 2.28. The van der Waals surface area contributed by atoms with E-state index < -0.39 is 0 Å². The van der Waals surface area contributed by atoms with Gasteiger partial charge in [-0.05, 0) is 59.8 Å². The van der Waals surface area contributed by atoms with E-state index in [-0.39, 0.29) is 5.97 Å². The predicted molar refractivity (Wildman–Crippen MR) is 152 cm³/mol. The van der Waals surface area contributed by atoms with Crippen LogP contribution in [0.2, 0.25) is 0 Å². The smallest absolute Gasteiger partial charge is 0.330 e. The van der Waals surface area contributed by atoms with Crippen molar-refractivity contribution in [3.05, 3.63) is 83.4 Å². The lowest BCUT2D eigenvalue weighted by molar-refractivity contribution is -0.139. The number of nitrogens with zero attached hydrogens (tertiary/aromatic N) is 1.